The lowest BCUT2D eigenvalue weighted by Crippen LogP contribution is -2.57. The summed E-state index contributed by atoms with van der Waals surface area (Å²) in [6.07, 6.45) is -0.149. The Hall–Kier alpha value is -4.44. The number of halogens is 2. The maximum atomic E-state index is 13.7. The second kappa shape index (κ2) is 10.0. The van der Waals surface area contributed by atoms with Gasteiger partial charge in [0.2, 0.25) is 0 Å². The molecule has 3 aromatic carbocycles. The SMILES string of the molecule is O=C(c1ccc(F)cc1)[C@H](CCCl)N(C(=O)c1ccc([N+](=O)[O-])cc1)N1C(=O)c2ccccc2C1=O. The van der Waals surface area contributed by atoms with Crippen LogP contribution in [-0.4, -0.2) is 50.4 Å². The van der Waals surface area contributed by atoms with Gasteiger partial charge in [0.25, 0.3) is 23.4 Å². The van der Waals surface area contributed by atoms with Crippen LogP contribution in [0.5, 0.6) is 0 Å². The number of hydrogen-bond acceptors (Lipinski definition) is 6. The van der Waals surface area contributed by atoms with Crippen molar-refractivity contribution in [3.05, 3.63) is 111 Å². The quantitative estimate of drug-likeness (QED) is 0.147. The average Bonchev–Trinajstić information content (AvgIpc) is 3.13. The number of nitrogens with zero attached hydrogens (tertiary/aromatic N) is 3. The summed E-state index contributed by atoms with van der Waals surface area (Å²) in [6, 6.07) is 13.6. The first kappa shape index (κ1) is 24.7. The molecule has 1 atom stereocenters. The Morgan fingerprint density at radius 3 is 1.94 bits per heavy atom. The highest BCUT2D eigenvalue weighted by atomic mass is 35.5. The van der Waals surface area contributed by atoms with Crippen LogP contribution >= 0.6 is 11.6 Å². The van der Waals surface area contributed by atoms with E-state index in [1.54, 1.807) is 12.1 Å². The van der Waals surface area contributed by atoms with E-state index >= 15 is 0 Å². The molecule has 1 aliphatic rings. The highest BCUT2D eigenvalue weighted by Gasteiger charge is 2.46. The zero-order valence-corrected chi connectivity index (χ0v) is 19.2. The summed E-state index contributed by atoms with van der Waals surface area (Å²) in [5.41, 5.74) is -0.266. The summed E-state index contributed by atoms with van der Waals surface area (Å²) in [4.78, 5) is 64.1. The van der Waals surface area contributed by atoms with Gasteiger partial charge in [-0.3, -0.25) is 29.3 Å². The van der Waals surface area contributed by atoms with Gasteiger partial charge < -0.3 is 0 Å². The molecule has 0 saturated carbocycles. The summed E-state index contributed by atoms with van der Waals surface area (Å²) < 4.78 is 13.5. The van der Waals surface area contributed by atoms with Gasteiger partial charge in [0.1, 0.15) is 11.9 Å². The number of hydrazine groups is 1. The fraction of sp³-hybridized carbons (Fsp3) is 0.120. The van der Waals surface area contributed by atoms with Gasteiger partial charge in [-0.05, 0) is 55.0 Å². The van der Waals surface area contributed by atoms with Gasteiger partial charge in [0, 0.05) is 29.1 Å². The minimum absolute atomic E-state index is 0.0321. The Labute approximate surface area is 208 Å². The van der Waals surface area contributed by atoms with E-state index in [4.69, 9.17) is 11.6 Å². The Morgan fingerprint density at radius 1 is 0.917 bits per heavy atom. The number of alkyl halides is 1. The molecule has 1 heterocycles. The third kappa shape index (κ3) is 4.46. The van der Waals surface area contributed by atoms with Crippen molar-refractivity contribution >= 4 is 40.8 Å². The normalized spacial score (nSPS) is 13.3. The number of nitro benzene ring substituents is 1. The monoisotopic (exact) mass is 509 g/mol. The van der Waals surface area contributed by atoms with Crippen molar-refractivity contribution in [2.45, 2.75) is 12.5 Å². The first-order chi connectivity index (χ1) is 17.2. The molecular formula is C25H17ClFN3O6. The van der Waals surface area contributed by atoms with Crippen LogP contribution in [0.1, 0.15) is 47.9 Å². The first-order valence-corrected chi connectivity index (χ1v) is 11.2. The molecule has 0 radical (unpaired) electrons. The minimum Gasteiger partial charge on any atom is -0.292 e. The molecule has 0 saturated heterocycles. The van der Waals surface area contributed by atoms with Crippen LogP contribution in [0.4, 0.5) is 10.1 Å². The summed E-state index contributed by atoms with van der Waals surface area (Å²) in [5, 5.41) is 12.4. The van der Waals surface area contributed by atoms with Gasteiger partial charge in [-0.15, -0.1) is 11.6 Å². The topological polar surface area (TPSA) is 118 Å². The standard InChI is InChI=1S/C25H17ClFN3O6/c26-14-13-21(22(31)15-5-9-17(27)10-6-15)28(23(32)16-7-11-18(12-8-16)30(35)36)29-24(33)19-3-1-2-4-20(19)25(29)34/h1-12,21H,13-14H2/t21-/m0/s1. The summed E-state index contributed by atoms with van der Waals surface area (Å²) in [6.45, 7) is 0. The van der Waals surface area contributed by atoms with E-state index in [0.29, 0.717) is 5.01 Å². The van der Waals surface area contributed by atoms with Crippen LogP contribution in [0.25, 0.3) is 0 Å². The Bertz CT molecular complexity index is 1340. The molecule has 1 aliphatic heterocycles. The van der Waals surface area contributed by atoms with Crippen molar-refractivity contribution in [2.75, 3.05) is 5.88 Å². The van der Waals surface area contributed by atoms with Crippen LogP contribution in [0.2, 0.25) is 0 Å². The number of benzene rings is 3. The number of hydrogen-bond donors (Lipinski definition) is 0. The highest BCUT2D eigenvalue weighted by molar-refractivity contribution is 6.22. The van der Waals surface area contributed by atoms with Crippen molar-refractivity contribution in [1.82, 2.24) is 10.0 Å². The van der Waals surface area contributed by atoms with Gasteiger partial charge in [0.15, 0.2) is 5.78 Å². The molecular weight excluding hydrogens is 493 g/mol. The number of nitro groups is 1. The predicted molar refractivity (Wildman–Crippen MR) is 126 cm³/mol. The molecule has 0 spiro atoms. The van der Waals surface area contributed by atoms with Crippen LogP contribution < -0.4 is 0 Å². The second-order valence-corrected chi connectivity index (χ2v) is 8.16. The van der Waals surface area contributed by atoms with Gasteiger partial charge in [-0.1, -0.05) is 12.1 Å². The molecule has 0 aromatic heterocycles. The number of rotatable bonds is 8. The number of ketones is 1. The van der Waals surface area contributed by atoms with Crippen LogP contribution in [0.3, 0.4) is 0 Å². The molecule has 4 rings (SSSR count). The van der Waals surface area contributed by atoms with E-state index in [-0.39, 0.29) is 40.2 Å². The third-order valence-corrected chi connectivity index (χ3v) is 5.85. The smallest absolute Gasteiger partial charge is 0.280 e. The van der Waals surface area contributed by atoms with Crippen LogP contribution in [-0.2, 0) is 0 Å². The number of amides is 3. The molecule has 0 unspecified atom stereocenters. The number of fused-ring (bicyclic) bond motifs is 1. The van der Waals surface area contributed by atoms with Crippen molar-refractivity contribution < 1.29 is 28.5 Å². The van der Waals surface area contributed by atoms with E-state index in [1.165, 1.54) is 24.3 Å². The number of non-ortho nitro benzene ring substituents is 1. The second-order valence-electron chi connectivity index (χ2n) is 7.79. The number of Topliss-reactive ketones (excluding diaryl/α,β-unsaturated/α-hetero) is 1. The molecule has 0 aliphatic carbocycles. The highest BCUT2D eigenvalue weighted by Crippen LogP contribution is 2.29. The van der Waals surface area contributed by atoms with Gasteiger partial charge in [-0.2, -0.15) is 5.01 Å². The summed E-state index contributed by atoms with van der Waals surface area (Å²) in [5.74, 6) is -3.95. The summed E-state index contributed by atoms with van der Waals surface area (Å²) >= 11 is 5.96. The molecule has 0 fully saturated rings. The molecule has 182 valence electrons. The Kier molecular flexibility index (Phi) is 6.89. The fourth-order valence-electron chi connectivity index (χ4n) is 3.88. The molecule has 11 heteroatoms. The van der Waals surface area contributed by atoms with Gasteiger partial charge in [0.05, 0.1) is 16.1 Å². The zero-order valence-electron chi connectivity index (χ0n) is 18.5. The lowest BCUT2D eigenvalue weighted by molar-refractivity contribution is -0.384. The van der Waals surface area contributed by atoms with Gasteiger partial charge in [-0.25, -0.2) is 9.40 Å². The predicted octanol–water partition coefficient (Wildman–Crippen LogP) is 4.27. The third-order valence-electron chi connectivity index (χ3n) is 5.63. The fourth-order valence-corrected chi connectivity index (χ4v) is 4.08. The van der Waals surface area contributed by atoms with Crippen molar-refractivity contribution in [1.29, 1.82) is 0 Å². The summed E-state index contributed by atoms with van der Waals surface area (Å²) in [7, 11) is 0. The molecule has 3 aromatic rings. The van der Waals surface area contributed by atoms with E-state index in [1.807, 2.05) is 0 Å². The van der Waals surface area contributed by atoms with E-state index in [9.17, 15) is 33.7 Å². The Balaban J connectivity index is 1.83. The van der Waals surface area contributed by atoms with Crippen LogP contribution in [0.15, 0.2) is 72.8 Å². The molecule has 3 amide bonds. The van der Waals surface area contributed by atoms with E-state index in [0.717, 1.165) is 41.4 Å². The lowest BCUT2D eigenvalue weighted by atomic mass is 10.0. The van der Waals surface area contributed by atoms with E-state index in [2.05, 4.69) is 0 Å². The Morgan fingerprint density at radius 2 is 1.44 bits per heavy atom. The molecule has 36 heavy (non-hydrogen) atoms. The lowest BCUT2D eigenvalue weighted by Gasteiger charge is -2.35. The largest absolute Gasteiger partial charge is 0.292 e. The zero-order chi connectivity index (χ0) is 26.0. The maximum Gasteiger partial charge on any atom is 0.280 e. The number of carbonyl (C=O) groups is 4. The molecule has 9 nitrogen and oxygen atoms in total. The first-order valence-electron chi connectivity index (χ1n) is 10.7. The molecule has 0 N–H and O–H groups in total. The number of imide groups is 1. The van der Waals surface area contributed by atoms with Gasteiger partial charge >= 0.3 is 0 Å². The maximum absolute atomic E-state index is 13.7. The minimum atomic E-state index is -1.42. The number of carbonyl (C=O) groups excluding carboxylic acids is 4. The van der Waals surface area contributed by atoms with Crippen molar-refractivity contribution in [2.24, 2.45) is 0 Å². The van der Waals surface area contributed by atoms with Crippen molar-refractivity contribution in [3.63, 3.8) is 0 Å². The van der Waals surface area contributed by atoms with E-state index < -0.39 is 40.3 Å². The molecule has 0 bridgehead atoms. The van der Waals surface area contributed by atoms with Crippen molar-refractivity contribution in [3.8, 4) is 0 Å². The van der Waals surface area contributed by atoms with Crippen LogP contribution in [0, 0.1) is 15.9 Å². The average molecular weight is 510 g/mol.